The highest BCUT2D eigenvalue weighted by molar-refractivity contribution is 5.56. The molecule has 1 unspecified atom stereocenters. The fourth-order valence-corrected chi connectivity index (χ4v) is 3.83. The number of nitrogens with one attached hydrogen (secondary N) is 2. The van der Waals surface area contributed by atoms with Crippen LogP contribution in [0.15, 0.2) is 41.3 Å². The lowest BCUT2D eigenvalue weighted by Gasteiger charge is -2.33. The Balaban J connectivity index is 1.42. The van der Waals surface area contributed by atoms with Crippen molar-refractivity contribution in [2.45, 2.75) is 39.3 Å². The van der Waals surface area contributed by atoms with Gasteiger partial charge in [-0.3, -0.25) is 9.69 Å². The Morgan fingerprint density at radius 3 is 2.65 bits per heavy atom. The Morgan fingerprint density at radius 1 is 1.19 bits per heavy atom. The Kier molecular flexibility index (Phi) is 6.08. The van der Waals surface area contributed by atoms with E-state index in [2.05, 4.69) is 25.2 Å². The summed E-state index contributed by atoms with van der Waals surface area (Å²) >= 11 is 0. The van der Waals surface area contributed by atoms with E-state index in [0.717, 1.165) is 24.9 Å². The number of piperidine rings is 1. The number of anilines is 1. The van der Waals surface area contributed by atoms with Crippen molar-refractivity contribution in [2.75, 3.05) is 18.4 Å². The number of pyridine rings is 1. The van der Waals surface area contributed by atoms with Crippen molar-refractivity contribution in [1.29, 1.82) is 0 Å². The average molecular weight is 425 g/mol. The second-order valence-electron chi connectivity index (χ2n) is 7.98. The molecule has 2 N–H and O–H groups in total. The summed E-state index contributed by atoms with van der Waals surface area (Å²) in [5.41, 5.74) is 1.98. The van der Waals surface area contributed by atoms with E-state index >= 15 is 0 Å². The highest BCUT2D eigenvalue weighted by Crippen LogP contribution is 2.21. The third-order valence-electron chi connectivity index (χ3n) is 5.73. The van der Waals surface area contributed by atoms with Crippen LogP contribution in [0.4, 0.5) is 14.6 Å². The highest BCUT2D eigenvalue weighted by atomic mass is 19.1. The predicted molar refractivity (Wildman–Crippen MR) is 116 cm³/mol. The zero-order chi connectivity index (χ0) is 22.0. The van der Waals surface area contributed by atoms with Crippen molar-refractivity contribution in [2.24, 2.45) is 0 Å². The highest BCUT2D eigenvalue weighted by Gasteiger charge is 2.22. The lowest BCUT2D eigenvalue weighted by molar-refractivity contribution is 0.203. The van der Waals surface area contributed by atoms with Crippen LogP contribution in [-0.4, -0.2) is 39.0 Å². The van der Waals surface area contributed by atoms with Crippen LogP contribution in [0.5, 0.6) is 0 Å². The van der Waals surface area contributed by atoms with Gasteiger partial charge in [-0.25, -0.2) is 18.7 Å². The number of nitrogens with zero attached hydrogens (tertiary/aromatic N) is 3. The molecule has 1 fully saturated rings. The first-order chi connectivity index (χ1) is 14.9. The predicted octanol–water partition coefficient (Wildman–Crippen LogP) is 3.80. The summed E-state index contributed by atoms with van der Waals surface area (Å²) in [7, 11) is 0. The van der Waals surface area contributed by atoms with Crippen molar-refractivity contribution in [3.05, 3.63) is 75.3 Å². The quantitative estimate of drug-likeness (QED) is 0.651. The monoisotopic (exact) mass is 425 g/mol. The maximum Gasteiger partial charge on any atom is 0.254 e. The molecule has 0 amide bonds. The summed E-state index contributed by atoms with van der Waals surface area (Å²) in [6.45, 7) is 5.26. The molecule has 2 aromatic heterocycles. The molecule has 0 aliphatic carbocycles. The van der Waals surface area contributed by atoms with Gasteiger partial charge in [0, 0.05) is 47.7 Å². The molecular formula is C23H25F2N5O. The molecule has 0 radical (unpaired) electrons. The van der Waals surface area contributed by atoms with Gasteiger partial charge >= 0.3 is 0 Å². The molecule has 3 aromatic rings. The number of aryl methyl sites for hydroxylation is 1. The number of H-pyrrole nitrogens is 1. The molecular weight excluding hydrogens is 400 g/mol. The van der Waals surface area contributed by atoms with Crippen LogP contribution in [0.2, 0.25) is 0 Å². The average Bonchev–Trinajstić information content (AvgIpc) is 2.75. The zero-order valence-corrected chi connectivity index (χ0v) is 17.6. The molecule has 8 heteroatoms. The molecule has 1 saturated heterocycles. The summed E-state index contributed by atoms with van der Waals surface area (Å²) in [5.74, 6) is 0.178. The zero-order valence-electron chi connectivity index (χ0n) is 17.6. The second-order valence-corrected chi connectivity index (χ2v) is 7.98. The number of hydrogen-bond donors (Lipinski definition) is 2. The second kappa shape index (κ2) is 8.93. The minimum Gasteiger partial charge on any atom is -0.366 e. The van der Waals surface area contributed by atoms with Gasteiger partial charge in [0.05, 0.1) is 0 Å². The maximum absolute atomic E-state index is 14.0. The molecule has 3 heterocycles. The van der Waals surface area contributed by atoms with E-state index in [4.69, 9.17) is 0 Å². The molecule has 0 spiro atoms. The van der Waals surface area contributed by atoms with E-state index in [9.17, 15) is 13.6 Å². The number of aromatic amines is 1. The molecule has 0 bridgehead atoms. The summed E-state index contributed by atoms with van der Waals surface area (Å²) < 4.78 is 28.0. The van der Waals surface area contributed by atoms with Crippen LogP contribution in [0, 0.1) is 25.5 Å². The fraction of sp³-hybridized carbons (Fsp3) is 0.348. The molecule has 4 rings (SSSR count). The van der Waals surface area contributed by atoms with E-state index in [0.29, 0.717) is 29.4 Å². The van der Waals surface area contributed by atoms with Crippen LogP contribution in [-0.2, 0) is 6.54 Å². The maximum atomic E-state index is 14.0. The van der Waals surface area contributed by atoms with E-state index in [1.54, 1.807) is 20.0 Å². The van der Waals surface area contributed by atoms with Gasteiger partial charge in [0.25, 0.3) is 5.56 Å². The minimum atomic E-state index is -0.509. The van der Waals surface area contributed by atoms with E-state index in [1.165, 1.54) is 18.2 Å². The van der Waals surface area contributed by atoms with E-state index < -0.39 is 11.6 Å². The number of hydrogen-bond acceptors (Lipinski definition) is 5. The van der Waals surface area contributed by atoms with Gasteiger partial charge in [0.2, 0.25) is 0 Å². The van der Waals surface area contributed by atoms with Crippen LogP contribution >= 0.6 is 0 Å². The summed E-state index contributed by atoms with van der Waals surface area (Å²) in [4.78, 5) is 25.7. The van der Waals surface area contributed by atoms with Crippen LogP contribution < -0.4 is 10.9 Å². The van der Waals surface area contributed by atoms with Crippen molar-refractivity contribution < 1.29 is 8.78 Å². The van der Waals surface area contributed by atoms with Gasteiger partial charge in [-0.15, -0.1) is 0 Å². The fourth-order valence-electron chi connectivity index (χ4n) is 3.83. The summed E-state index contributed by atoms with van der Waals surface area (Å²) in [5, 5.41) is 3.40. The lowest BCUT2D eigenvalue weighted by atomic mass is 10.0. The Hall–Kier alpha value is -3.13. The normalized spacial score (nSPS) is 17.0. The Labute approximate surface area is 179 Å². The number of likely N-dealkylation sites (tertiary alicyclic amines) is 1. The van der Waals surface area contributed by atoms with Crippen molar-refractivity contribution in [3.8, 4) is 11.4 Å². The largest absolute Gasteiger partial charge is 0.366 e. The molecule has 1 aliphatic rings. The van der Waals surface area contributed by atoms with Gasteiger partial charge in [-0.2, -0.15) is 0 Å². The molecule has 6 nitrogen and oxygen atoms in total. The van der Waals surface area contributed by atoms with E-state index in [-0.39, 0.29) is 23.7 Å². The first-order valence-electron chi connectivity index (χ1n) is 10.4. The lowest BCUT2D eigenvalue weighted by Crippen LogP contribution is -2.42. The molecule has 1 aliphatic heterocycles. The molecule has 162 valence electrons. The number of aromatic nitrogens is 3. The minimum absolute atomic E-state index is 0.112. The van der Waals surface area contributed by atoms with Gasteiger partial charge in [-0.05, 0) is 57.5 Å². The van der Waals surface area contributed by atoms with Gasteiger partial charge in [0.15, 0.2) is 0 Å². The standard InChI is InChI=1S/C23H25F2N5O/c1-14-15(2)27-22(29-23(14)31)16-8-9-21(26-11-16)28-17-5-4-10-30(12-17)13-18-19(24)6-3-7-20(18)25/h3,6-9,11,17H,4-5,10,12-13H2,1-2H3,(H,26,28)(H,27,29,31). The third-order valence-corrected chi connectivity index (χ3v) is 5.73. The number of benzene rings is 1. The molecule has 0 saturated carbocycles. The summed E-state index contributed by atoms with van der Waals surface area (Å²) in [6, 6.07) is 7.80. The van der Waals surface area contributed by atoms with Gasteiger partial charge < -0.3 is 10.3 Å². The van der Waals surface area contributed by atoms with Crippen molar-refractivity contribution >= 4 is 5.82 Å². The van der Waals surface area contributed by atoms with Crippen LogP contribution in [0.1, 0.15) is 29.7 Å². The smallest absolute Gasteiger partial charge is 0.254 e. The molecule has 31 heavy (non-hydrogen) atoms. The Morgan fingerprint density at radius 2 is 1.97 bits per heavy atom. The number of rotatable bonds is 5. The van der Waals surface area contributed by atoms with Gasteiger partial charge in [0.1, 0.15) is 23.3 Å². The Bertz CT molecular complexity index is 1110. The van der Waals surface area contributed by atoms with Crippen molar-refractivity contribution in [1.82, 2.24) is 19.9 Å². The third kappa shape index (κ3) is 4.80. The van der Waals surface area contributed by atoms with E-state index in [1.807, 2.05) is 12.1 Å². The number of halogens is 2. The topological polar surface area (TPSA) is 73.9 Å². The molecule has 1 atom stereocenters. The first-order valence-corrected chi connectivity index (χ1v) is 10.4. The van der Waals surface area contributed by atoms with Crippen molar-refractivity contribution in [3.63, 3.8) is 0 Å². The van der Waals surface area contributed by atoms with Crippen LogP contribution in [0.3, 0.4) is 0 Å². The molecule has 1 aromatic carbocycles. The SMILES string of the molecule is Cc1nc(-c2ccc(NC3CCCN(Cc4c(F)cccc4F)C3)nc2)[nH]c(=O)c1C. The first kappa shape index (κ1) is 21.1. The van der Waals surface area contributed by atoms with Crippen LogP contribution in [0.25, 0.3) is 11.4 Å². The van der Waals surface area contributed by atoms with Gasteiger partial charge in [-0.1, -0.05) is 6.07 Å². The summed E-state index contributed by atoms with van der Waals surface area (Å²) in [6.07, 6.45) is 3.55.